The van der Waals surface area contributed by atoms with E-state index in [1.54, 1.807) is 36.4 Å². The van der Waals surface area contributed by atoms with E-state index in [9.17, 15) is 40.2 Å². The largest absolute Gasteiger partial charge is 0.509 e. The molecule has 0 radical (unpaired) electrons. The van der Waals surface area contributed by atoms with Crippen molar-refractivity contribution in [3.05, 3.63) is 83.3 Å². The summed E-state index contributed by atoms with van der Waals surface area (Å²) in [5.74, 6) is -3.84. The van der Waals surface area contributed by atoms with Gasteiger partial charge in [-0.15, -0.1) is 0 Å². The lowest BCUT2D eigenvalue weighted by Crippen LogP contribution is -2.46. The molecule has 10 nitrogen and oxygen atoms in total. The minimum atomic E-state index is -2.32. The molecule has 386 valence electrons. The predicted molar refractivity (Wildman–Crippen MR) is 277 cm³/mol. The van der Waals surface area contributed by atoms with Gasteiger partial charge in [-0.05, 0) is 24.0 Å². The van der Waals surface area contributed by atoms with E-state index in [1.165, 1.54) is 178 Å². The van der Waals surface area contributed by atoms with Crippen molar-refractivity contribution in [2.75, 3.05) is 13.2 Å². The molecule has 6 N–H and O–H groups in total. The van der Waals surface area contributed by atoms with Crippen LogP contribution in [0, 0.1) is 0 Å². The number of aliphatic hydroxyl groups excluding tert-OH is 6. The molecule has 0 heterocycles. The van der Waals surface area contributed by atoms with Crippen LogP contribution in [0.3, 0.4) is 0 Å². The van der Waals surface area contributed by atoms with Crippen molar-refractivity contribution >= 4 is 23.1 Å². The molecule has 2 aromatic rings. The van der Waals surface area contributed by atoms with Gasteiger partial charge in [-0.2, -0.15) is 0 Å². The van der Waals surface area contributed by atoms with Gasteiger partial charge in [0.2, 0.25) is 0 Å². The first-order chi connectivity index (χ1) is 33.1. The van der Waals surface area contributed by atoms with E-state index in [0.717, 1.165) is 38.5 Å². The Morgan fingerprint density at radius 1 is 0.368 bits per heavy atom. The molecule has 0 amide bonds. The number of unbranched alkanes of at least 4 members (excludes halogenated alkanes) is 30. The number of carbonyl (C=O) groups excluding carboxylic acids is 2. The number of rotatable bonds is 43. The van der Waals surface area contributed by atoms with Gasteiger partial charge in [0, 0.05) is 0 Å². The number of ether oxygens (including phenoxy) is 2. The summed E-state index contributed by atoms with van der Waals surface area (Å²) in [6.07, 6.45) is 29.4. The van der Waals surface area contributed by atoms with Crippen LogP contribution in [0.2, 0.25) is 0 Å². The van der Waals surface area contributed by atoms with Gasteiger partial charge >= 0.3 is 11.9 Å². The molecule has 2 aromatic carbocycles. The Balaban J connectivity index is 1.87. The van der Waals surface area contributed by atoms with E-state index in [2.05, 4.69) is 13.8 Å². The topological polar surface area (TPSA) is 174 Å². The van der Waals surface area contributed by atoms with Crippen LogP contribution in [0.1, 0.15) is 230 Å². The van der Waals surface area contributed by atoms with Crippen LogP contribution in [-0.2, 0) is 19.1 Å². The highest BCUT2D eigenvalue weighted by molar-refractivity contribution is 6.17. The standard InChI is InChI=1S/C58H94O10/c1-3-5-7-9-11-13-15-17-19-21-23-25-27-29-31-39-45-67-57(65)49(47-41-35-33-36-42-47)51(59)53(61)55(63)56(64)54(62)52(60)50(48-43-37-34-38-44-48)58(66)68-46-40-32-30-28-26-24-22-20-18-16-14-12-10-8-6-4-2/h33-38,41-44,53-56,59-64H,3-32,39-40,45-46H2,1-2H3/t53-,54+,55-,56-/m1/s1. The van der Waals surface area contributed by atoms with Crippen LogP contribution in [-0.4, -0.2) is 80.2 Å². The van der Waals surface area contributed by atoms with Crippen LogP contribution in [0.25, 0.3) is 11.1 Å². The maximum atomic E-state index is 13.4. The van der Waals surface area contributed by atoms with E-state index in [4.69, 9.17) is 9.47 Å². The van der Waals surface area contributed by atoms with Crippen molar-refractivity contribution in [2.24, 2.45) is 0 Å². The molecule has 0 aromatic heterocycles. The number of carbonyl (C=O) groups is 2. The van der Waals surface area contributed by atoms with E-state index in [1.807, 2.05) is 0 Å². The van der Waals surface area contributed by atoms with E-state index < -0.39 is 59.0 Å². The zero-order valence-electron chi connectivity index (χ0n) is 42.4. The van der Waals surface area contributed by atoms with Crippen molar-refractivity contribution in [3.63, 3.8) is 0 Å². The second-order valence-corrected chi connectivity index (χ2v) is 19.0. The van der Waals surface area contributed by atoms with Crippen molar-refractivity contribution < 1.29 is 49.7 Å². The third-order valence-electron chi connectivity index (χ3n) is 13.1. The Labute approximate surface area is 411 Å². The van der Waals surface area contributed by atoms with E-state index in [-0.39, 0.29) is 24.3 Å². The van der Waals surface area contributed by atoms with Crippen molar-refractivity contribution in [1.29, 1.82) is 0 Å². The van der Waals surface area contributed by atoms with Gasteiger partial charge in [-0.25, -0.2) is 9.59 Å². The minimum Gasteiger partial charge on any atom is -0.509 e. The summed E-state index contributed by atoms with van der Waals surface area (Å²) in [7, 11) is 0. The second kappa shape index (κ2) is 40.1. The fourth-order valence-corrected chi connectivity index (χ4v) is 8.72. The summed E-state index contributed by atoms with van der Waals surface area (Å²) in [5, 5.41) is 67.0. The van der Waals surface area contributed by atoms with Gasteiger partial charge in [0.15, 0.2) is 0 Å². The van der Waals surface area contributed by atoms with E-state index >= 15 is 0 Å². The number of aliphatic hydroxyl groups is 6. The third-order valence-corrected chi connectivity index (χ3v) is 13.1. The number of benzene rings is 2. The van der Waals surface area contributed by atoms with Crippen molar-refractivity contribution in [2.45, 2.75) is 244 Å². The first-order valence-electron chi connectivity index (χ1n) is 27.2. The molecule has 0 spiro atoms. The lowest BCUT2D eigenvalue weighted by atomic mass is 9.93. The highest BCUT2D eigenvalue weighted by Crippen LogP contribution is 2.28. The monoisotopic (exact) mass is 951 g/mol. The van der Waals surface area contributed by atoms with Crippen LogP contribution in [0.15, 0.2) is 72.2 Å². The molecular weight excluding hydrogens is 857 g/mol. The molecule has 0 aliphatic heterocycles. The fraction of sp³-hybridized carbons (Fsp3) is 0.690. The maximum Gasteiger partial charge on any atom is 0.342 e. The molecule has 68 heavy (non-hydrogen) atoms. The summed E-state index contributed by atoms with van der Waals surface area (Å²) in [4.78, 5) is 26.8. The molecule has 2 rings (SSSR count). The first-order valence-corrected chi connectivity index (χ1v) is 27.2. The summed E-state index contributed by atoms with van der Waals surface area (Å²) in [6.45, 7) is 4.66. The first kappa shape index (κ1) is 60.4. The number of esters is 2. The van der Waals surface area contributed by atoms with Gasteiger partial charge in [-0.1, -0.05) is 267 Å². The minimum absolute atomic E-state index is 0.0807. The Morgan fingerprint density at radius 3 is 0.824 bits per heavy atom. The molecule has 0 bridgehead atoms. The average molecular weight is 951 g/mol. The molecule has 0 aliphatic rings. The molecule has 0 saturated heterocycles. The van der Waals surface area contributed by atoms with E-state index in [0.29, 0.717) is 12.8 Å². The Kier molecular flexibility index (Phi) is 35.6. The normalized spacial score (nSPS) is 14.1. The quantitative estimate of drug-likeness (QED) is 0.0162. The summed E-state index contributed by atoms with van der Waals surface area (Å²) in [5.41, 5.74) is -0.440. The van der Waals surface area contributed by atoms with Crippen LogP contribution < -0.4 is 0 Å². The molecule has 0 unspecified atom stereocenters. The van der Waals surface area contributed by atoms with Crippen LogP contribution >= 0.6 is 0 Å². The lowest BCUT2D eigenvalue weighted by molar-refractivity contribution is -0.138. The summed E-state index contributed by atoms with van der Waals surface area (Å²) < 4.78 is 11.0. The van der Waals surface area contributed by atoms with Gasteiger partial charge in [0.05, 0.1) is 13.2 Å². The average Bonchev–Trinajstić information content (AvgIpc) is 3.35. The molecule has 0 saturated carbocycles. The molecule has 0 aliphatic carbocycles. The summed E-state index contributed by atoms with van der Waals surface area (Å²) >= 11 is 0. The Morgan fingerprint density at radius 2 is 0.588 bits per heavy atom. The number of hydrogen-bond acceptors (Lipinski definition) is 10. The van der Waals surface area contributed by atoms with Crippen LogP contribution in [0.5, 0.6) is 0 Å². The van der Waals surface area contributed by atoms with Crippen molar-refractivity contribution in [1.82, 2.24) is 0 Å². The third kappa shape index (κ3) is 26.3. The molecule has 0 fully saturated rings. The Bertz CT molecular complexity index is 1490. The van der Waals surface area contributed by atoms with Crippen molar-refractivity contribution in [3.8, 4) is 0 Å². The molecular formula is C58H94O10. The smallest absolute Gasteiger partial charge is 0.342 e. The summed E-state index contributed by atoms with van der Waals surface area (Å²) in [6, 6.07) is 16.0. The fourth-order valence-electron chi connectivity index (χ4n) is 8.72. The van der Waals surface area contributed by atoms with Gasteiger partial charge < -0.3 is 40.1 Å². The second-order valence-electron chi connectivity index (χ2n) is 19.0. The van der Waals surface area contributed by atoms with Crippen LogP contribution in [0.4, 0.5) is 0 Å². The Hall–Kier alpha value is -3.70. The lowest BCUT2D eigenvalue weighted by Gasteiger charge is -2.27. The molecule has 10 heteroatoms. The molecule has 4 atom stereocenters. The SMILES string of the molecule is CCCCCCCCCCCCCCCCCCOC(=O)C(=C(O)[C@@H](O)[C@@H](O)[C@H](O)[C@@H](O)C(O)=C(C(=O)OCCCCCCCCCCCCCCCCCC)c1ccccc1)c1ccccc1. The number of hydrogen-bond donors (Lipinski definition) is 6. The zero-order chi connectivity index (χ0) is 49.5. The highest BCUT2D eigenvalue weighted by Gasteiger charge is 2.38. The highest BCUT2D eigenvalue weighted by atomic mass is 16.5. The maximum absolute atomic E-state index is 13.4. The predicted octanol–water partition coefficient (Wildman–Crippen LogP) is 14.0. The zero-order valence-corrected chi connectivity index (χ0v) is 42.4. The van der Waals surface area contributed by atoms with Gasteiger partial charge in [0.1, 0.15) is 47.1 Å². The van der Waals surface area contributed by atoms with Gasteiger partial charge in [0.25, 0.3) is 0 Å². The van der Waals surface area contributed by atoms with Gasteiger partial charge in [-0.3, -0.25) is 0 Å².